The van der Waals surface area contributed by atoms with Crippen LogP contribution in [-0.2, 0) is 22.3 Å². The number of hydrogen-bond acceptors (Lipinski definition) is 4. The van der Waals surface area contributed by atoms with Crippen LogP contribution in [0.1, 0.15) is 38.3 Å². The number of aliphatic hydroxyl groups excluding tert-OH is 1. The lowest BCUT2D eigenvalue weighted by molar-refractivity contribution is 0.188. The summed E-state index contributed by atoms with van der Waals surface area (Å²) in [6.45, 7) is 8.30. The number of aliphatic hydroxyl groups is 1. The third-order valence-corrected chi connectivity index (χ3v) is 5.55. The number of nitrogens with one attached hydrogen (secondary N) is 2. The fraction of sp³-hybridized carbons (Fsp3) is 0.611. The molecule has 9 heteroatoms. The highest BCUT2D eigenvalue weighted by atomic mass is 127. The average molecular weight is 510 g/mol. The summed E-state index contributed by atoms with van der Waals surface area (Å²) in [6, 6.07) is 7.37. The van der Waals surface area contributed by atoms with Gasteiger partial charge >= 0.3 is 0 Å². The fourth-order valence-corrected chi connectivity index (χ4v) is 4.32. The lowest BCUT2D eigenvalue weighted by Gasteiger charge is -2.20. The molecule has 1 saturated heterocycles. The van der Waals surface area contributed by atoms with Crippen molar-refractivity contribution in [2.24, 2.45) is 4.99 Å². The summed E-state index contributed by atoms with van der Waals surface area (Å²) in [6.07, 6.45) is 0.470. The molecule has 7 nitrogen and oxygen atoms in total. The lowest BCUT2D eigenvalue weighted by Crippen LogP contribution is -2.40. The third kappa shape index (κ3) is 8.32. The van der Waals surface area contributed by atoms with Gasteiger partial charge in [0.1, 0.15) is 0 Å². The highest BCUT2D eigenvalue weighted by molar-refractivity contribution is 14.0. The summed E-state index contributed by atoms with van der Waals surface area (Å²) in [4.78, 5) is 6.70. The van der Waals surface area contributed by atoms with Crippen LogP contribution in [0.4, 0.5) is 0 Å². The summed E-state index contributed by atoms with van der Waals surface area (Å²) in [5.41, 5.74) is 1.76. The zero-order chi connectivity index (χ0) is 19.2. The van der Waals surface area contributed by atoms with Gasteiger partial charge in [0.15, 0.2) is 5.96 Å². The van der Waals surface area contributed by atoms with E-state index < -0.39 is 10.0 Å². The summed E-state index contributed by atoms with van der Waals surface area (Å²) < 4.78 is 26.6. The minimum Gasteiger partial charge on any atom is -0.391 e. The molecule has 0 bridgehead atoms. The molecule has 0 saturated carbocycles. The van der Waals surface area contributed by atoms with Crippen LogP contribution in [0.25, 0.3) is 0 Å². The molecule has 0 aliphatic carbocycles. The Kier molecular flexibility index (Phi) is 9.99. The number of likely N-dealkylation sites (tertiary alicyclic amines) is 1. The standard InChI is InChI=1S/C18H30N4O3S.HI/c1-4-19-18(22-10-9-17(23)12-22)20-11-15-5-7-16(8-6-15)13-26(24,25)21-14(2)3;/h5-8,14,17,21,23H,4,9-13H2,1-3H3,(H,19,20);1H/t17-;/m1./s1. The molecule has 1 aliphatic heterocycles. The van der Waals surface area contributed by atoms with Gasteiger partial charge in [-0.1, -0.05) is 24.3 Å². The van der Waals surface area contributed by atoms with Crippen LogP contribution < -0.4 is 10.0 Å². The van der Waals surface area contributed by atoms with Gasteiger partial charge < -0.3 is 15.3 Å². The van der Waals surface area contributed by atoms with Gasteiger partial charge in [-0.3, -0.25) is 0 Å². The summed E-state index contributed by atoms with van der Waals surface area (Å²) in [5, 5.41) is 13.0. The van der Waals surface area contributed by atoms with Crippen molar-refractivity contribution in [3.63, 3.8) is 0 Å². The predicted octanol–water partition coefficient (Wildman–Crippen LogP) is 1.66. The van der Waals surface area contributed by atoms with E-state index in [2.05, 4.69) is 19.9 Å². The molecule has 2 rings (SSSR count). The normalized spacial score (nSPS) is 17.9. The molecule has 0 spiro atoms. The molecule has 0 radical (unpaired) electrons. The largest absolute Gasteiger partial charge is 0.391 e. The number of aliphatic imine (C=N–C) groups is 1. The van der Waals surface area contributed by atoms with E-state index in [1.54, 1.807) is 13.8 Å². The van der Waals surface area contributed by atoms with E-state index >= 15 is 0 Å². The number of rotatable bonds is 7. The van der Waals surface area contributed by atoms with Crippen LogP contribution in [0.3, 0.4) is 0 Å². The Morgan fingerprint density at radius 1 is 1.30 bits per heavy atom. The van der Waals surface area contributed by atoms with E-state index in [4.69, 9.17) is 0 Å². The topological polar surface area (TPSA) is 94.0 Å². The number of benzene rings is 1. The first-order chi connectivity index (χ1) is 12.3. The summed E-state index contributed by atoms with van der Waals surface area (Å²) in [7, 11) is -3.31. The van der Waals surface area contributed by atoms with E-state index in [0.29, 0.717) is 13.1 Å². The second kappa shape index (κ2) is 11.2. The van der Waals surface area contributed by atoms with Gasteiger partial charge in [0.05, 0.1) is 18.4 Å². The predicted molar refractivity (Wildman–Crippen MR) is 120 cm³/mol. The Balaban J connectivity index is 0.00000364. The van der Waals surface area contributed by atoms with E-state index in [-0.39, 0.29) is 41.9 Å². The molecule has 1 aromatic rings. The molecule has 0 aromatic heterocycles. The molecule has 1 aliphatic rings. The smallest absolute Gasteiger partial charge is 0.216 e. The van der Waals surface area contributed by atoms with Crippen molar-refractivity contribution >= 4 is 40.0 Å². The van der Waals surface area contributed by atoms with Crippen LogP contribution in [0, 0.1) is 0 Å². The van der Waals surface area contributed by atoms with Crippen LogP contribution >= 0.6 is 24.0 Å². The molecular weight excluding hydrogens is 479 g/mol. The molecule has 1 fully saturated rings. The van der Waals surface area contributed by atoms with Gasteiger partial charge in [0, 0.05) is 25.7 Å². The fourth-order valence-electron chi connectivity index (χ4n) is 2.89. The van der Waals surface area contributed by atoms with Gasteiger partial charge in [-0.25, -0.2) is 18.1 Å². The van der Waals surface area contributed by atoms with Gasteiger partial charge in [-0.05, 0) is 38.3 Å². The molecule has 0 amide bonds. The van der Waals surface area contributed by atoms with Crippen molar-refractivity contribution in [1.82, 2.24) is 14.9 Å². The molecule has 154 valence electrons. The van der Waals surface area contributed by atoms with Crippen molar-refractivity contribution in [3.05, 3.63) is 35.4 Å². The highest BCUT2D eigenvalue weighted by Crippen LogP contribution is 2.12. The van der Waals surface area contributed by atoms with Gasteiger partial charge in [-0.2, -0.15) is 0 Å². The second-order valence-electron chi connectivity index (χ2n) is 6.91. The maximum Gasteiger partial charge on any atom is 0.216 e. The summed E-state index contributed by atoms with van der Waals surface area (Å²) in [5.74, 6) is 0.778. The zero-order valence-corrected chi connectivity index (χ0v) is 19.3. The molecule has 1 aromatic carbocycles. The van der Waals surface area contributed by atoms with E-state index in [1.165, 1.54) is 0 Å². The maximum atomic E-state index is 12.0. The number of halogens is 1. The van der Waals surface area contributed by atoms with Crippen LogP contribution in [0.15, 0.2) is 29.3 Å². The number of β-amino-alcohol motifs (C(OH)–C–C–N with tert-alkyl or cyclic N) is 1. The first-order valence-electron chi connectivity index (χ1n) is 9.08. The Labute approximate surface area is 179 Å². The third-order valence-electron chi connectivity index (χ3n) is 4.00. The summed E-state index contributed by atoms with van der Waals surface area (Å²) >= 11 is 0. The number of hydrogen-bond donors (Lipinski definition) is 3. The number of sulfonamides is 1. The van der Waals surface area contributed by atoms with Crippen LogP contribution in [-0.4, -0.2) is 56.2 Å². The molecule has 3 N–H and O–H groups in total. The Morgan fingerprint density at radius 3 is 2.44 bits per heavy atom. The zero-order valence-electron chi connectivity index (χ0n) is 16.2. The molecule has 27 heavy (non-hydrogen) atoms. The maximum absolute atomic E-state index is 12.0. The monoisotopic (exact) mass is 510 g/mol. The van der Waals surface area contributed by atoms with E-state index in [0.717, 1.165) is 36.6 Å². The van der Waals surface area contributed by atoms with Crippen molar-refractivity contribution in [1.29, 1.82) is 0 Å². The average Bonchev–Trinajstić information content (AvgIpc) is 2.97. The highest BCUT2D eigenvalue weighted by Gasteiger charge is 2.22. The first-order valence-corrected chi connectivity index (χ1v) is 10.7. The molecular formula is C18H31IN4O3S. The molecule has 0 unspecified atom stereocenters. The minimum atomic E-state index is -3.31. The van der Waals surface area contributed by atoms with Gasteiger partial charge in [0.2, 0.25) is 10.0 Å². The molecule has 1 atom stereocenters. The van der Waals surface area contributed by atoms with Gasteiger partial charge in [0.25, 0.3) is 0 Å². The van der Waals surface area contributed by atoms with Crippen molar-refractivity contribution in [2.45, 2.75) is 51.6 Å². The Hall–Kier alpha value is -0.910. The lowest BCUT2D eigenvalue weighted by atomic mass is 10.1. The van der Waals surface area contributed by atoms with Gasteiger partial charge in [-0.15, -0.1) is 24.0 Å². The first kappa shape index (κ1) is 24.1. The Morgan fingerprint density at radius 2 is 1.93 bits per heavy atom. The van der Waals surface area contributed by atoms with E-state index in [1.807, 2.05) is 31.2 Å². The second-order valence-corrected chi connectivity index (χ2v) is 8.66. The van der Waals surface area contributed by atoms with E-state index in [9.17, 15) is 13.5 Å². The Bertz CT molecular complexity index is 708. The number of nitrogens with zero attached hydrogens (tertiary/aromatic N) is 2. The molecule has 1 heterocycles. The SMILES string of the molecule is CCNC(=NCc1ccc(CS(=O)(=O)NC(C)C)cc1)N1CC[C@@H](O)C1.I. The van der Waals surface area contributed by atoms with Crippen LogP contribution in [0.2, 0.25) is 0 Å². The van der Waals surface area contributed by atoms with Crippen molar-refractivity contribution < 1.29 is 13.5 Å². The minimum absolute atomic E-state index is 0. The van der Waals surface area contributed by atoms with Crippen molar-refractivity contribution in [3.8, 4) is 0 Å². The van der Waals surface area contributed by atoms with Crippen molar-refractivity contribution in [2.75, 3.05) is 19.6 Å². The van der Waals surface area contributed by atoms with Crippen LogP contribution in [0.5, 0.6) is 0 Å². The number of guanidine groups is 1. The quantitative estimate of drug-likeness (QED) is 0.295.